The summed E-state index contributed by atoms with van der Waals surface area (Å²) in [6.45, 7) is 6.08. The fourth-order valence-corrected chi connectivity index (χ4v) is 3.58. The minimum Gasteiger partial charge on any atom is -0.357 e. The van der Waals surface area contributed by atoms with Gasteiger partial charge in [-0.1, -0.05) is 12.1 Å². The zero-order valence-corrected chi connectivity index (χ0v) is 16.4. The highest BCUT2D eigenvalue weighted by molar-refractivity contribution is 7.90. The van der Waals surface area contributed by atoms with Crippen molar-refractivity contribution >= 4 is 27.1 Å². The number of guanidine groups is 1. The monoisotopic (exact) mass is 380 g/mol. The van der Waals surface area contributed by atoms with Gasteiger partial charge in [-0.05, 0) is 31.5 Å². The lowest BCUT2D eigenvalue weighted by Crippen LogP contribution is -2.38. The largest absolute Gasteiger partial charge is 0.357 e. The fraction of sp³-hybridized carbons (Fsp3) is 0.412. The van der Waals surface area contributed by atoms with Gasteiger partial charge in [0.05, 0.1) is 16.4 Å². The Morgan fingerprint density at radius 2 is 1.96 bits per heavy atom. The van der Waals surface area contributed by atoms with Gasteiger partial charge in [0.25, 0.3) is 0 Å². The molecule has 0 saturated heterocycles. The molecule has 0 aliphatic heterocycles. The molecule has 2 rings (SSSR count). The van der Waals surface area contributed by atoms with E-state index in [1.165, 1.54) is 11.1 Å². The smallest absolute Gasteiger partial charge is 0.191 e. The molecule has 2 N–H and O–H groups in total. The van der Waals surface area contributed by atoms with Crippen LogP contribution in [0.15, 0.2) is 40.4 Å². The van der Waals surface area contributed by atoms with Crippen molar-refractivity contribution in [2.75, 3.05) is 19.3 Å². The zero-order valence-electron chi connectivity index (χ0n) is 14.7. The number of hydrogen-bond acceptors (Lipinski definition) is 5. The van der Waals surface area contributed by atoms with E-state index in [0.717, 1.165) is 36.0 Å². The second kappa shape index (κ2) is 8.96. The number of rotatable bonds is 7. The first-order valence-electron chi connectivity index (χ1n) is 8.11. The van der Waals surface area contributed by atoms with Crippen LogP contribution < -0.4 is 10.6 Å². The first kappa shape index (κ1) is 19.4. The molecular weight excluding hydrogens is 356 g/mol. The molecule has 0 fully saturated rings. The van der Waals surface area contributed by atoms with Gasteiger partial charge < -0.3 is 10.6 Å². The number of aryl methyl sites for hydroxylation is 1. The van der Waals surface area contributed by atoms with Crippen LogP contribution >= 0.6 is 11.3 Å². The maximum Gasteiger partial charge on any atom is 0.191 e. The van der Waals surface area contributed by atoms with Gasteiger partial charge in [-0.2, -0.15) is 0 Å². The standard InChI is InChI=1S/C17H24N4O2S2/c1-4-18-17(19-10-9-16-20-11-13(2)24-16)21-12-14-5-7-15(8-6-14)25(3,22)23/h5-8,11H,4,9-10,12H2,1-3H3,(H2,18,19,21). The summed E-state index contributed by atoms with van der Waals surface area (Å²) in [6, 6.07) is 6.82. The number of aromatic nitrogens is 1. The molecule has 0 aliphatic carbocycles. The van der Waals surface area contributed by atoms with Crippen LogP contribution in [0.1, 0.15) is 22.4 Å². The summed E-state index contributed by atoms with van der Waals surface area (Å²) in [5.41, 5.74) is 0.958. The Kier molecular flexibility index (Phi) is 6.95. The highest BCUT2D eigenvalue weighted by Crippen LogP contribution is 2.12. The number of hydrogen-bond donors (Lipinski definition) is 2. The van der Waals surface area contributed by atoms with Crippen molar-refractivity contribution in [3.05, 3.63) is 45.9 Å². The third kappa shape index (κ3) is 6.47. The molecule has 0 amide bonds. The highest BCUT2D eigenvalue weighted by Gasteiger charge is 2.06. The van der Waals surface area contributed by atoms with Gasteiger partial charge in [0.2, 0.25) is 0 Å². The summed E-state index contributed by atoms with van der Waals surface area (Å²) in [5, 5.41) is 7.61. The summed E-state index contributed by atoms with van der Waals surface area (Å²) < 4.78 is 23.0. The third-order valence-corrected chi connectivity index (χ3v) is 5.52. The molecular formula is C17H24N4O2S2. The minimum absolute atomic E-state index is 0.323. The van der Waals surface area contributed by atoms with Crippen molar-refractivity contribution in [2.24, 2.45) is 4.99 Å². The van der Waals surface area contributed by atoms with Crippen molar-refractivity contribution in [2.45, 2.75) is 31.7 Å². The Labute approximate surface area is 153 Å². The van der Waals surface area contributed by atoms with Crippen LogP contribution in [0.2, 0.25) is 0 Å². The summed E-state index contributed by atoms with van der Waals surface area (Å²) in [4.78, 5) is 10.4. The van der Waals surface area contributed by atoms with E-state index in [4.69, 9.17) is 0 Å². The SMILES string of the molecule is CCNC(=NCc1ccc(S(C)(=O)=O)cc1)NCCc1ncc(C)s1. The van der Waals surface area contributed by atoms with Gasteiger partial charge in [0.1, 0.15) is 0 Å². The molecule has 0 bridgehead atoms. The predicted molar refractivity (Wildman–Crippen MR) is 103 cm³/mol. The van der Waals surface area contributed by atoms with Crippen LogP contribution in [0.25, 0.3) is 0 Å². The third-order valence-electron chi connectivity index (χ3n) is 3.42. The summed E-state index contributed by atoms with van der Waals surface area (Å²) in [7, 11) is -3.16. The first-order chi connectivity index (χ1) is 11.9. The average molecular weight is 381 g/mol. The van der Waals surface area contributed by atoms with Crippen LogP contribution in [0.5, 0.6) is 0 Å². The van der Waals surface area contributed by atoms with Crippen LogP contribution in [0.4, 0.5) is 0 Å². The number of thiazole rings is 1. The van der Waals surface area contributed by atoms with Crippen molar-refractivity contribution in [3.63, 3.8) is 0 Å². The maximum absolute atomic E-state index is 11.5. The molecule has 6 nitrogen and oxygen atoms in total. The number of nitrogens with zero attached hydrogens (tertiary/aromatic N) is 2. The molecule has 1 aromatic heterocycles. The number of nitrogens with one attached hydrogen (secondary N) is 2. The first-order valence-corrected chi connectivity index (χ1v) is 10.8. The van der Waals surface area contributed by atoms with E-state index < -0.39 is 9.84 Å². The summed E-state index contributed by atoms with van der Waals surface area (Å²) in [6.07, 6.45) is 3.95. The normalized spacial score (nSPS) is 12.2. The van der Waals surface area contributed by atoms with Crippen LogP contribution in [0, 0.1) is 6.92 Å². The minimum atomic E-state index is -3.16. The Morgan fingerprint density at radius 3 is 2.52 bits per heavy atom. The molecule has 2 aromatic rings. The number of sulfone groups is 1. The Morgan fingerprint density at radius 1 is 1.24 bits per heavy atom. The molecule has 0 radical (unpaired) electrons. The quantitative estimate of drug-likeness (QED) is 0.568. The summed E-state index contributed by atoms with van der Waals surface area (Å²) >= 11 is 1.71. The van der Waals surface area contributed by atoms with E-state index in [2.05, 4.69) is 27.5 Å². The predicted octanol–water partition coefficient (Wildman–Crippen LogP) is 2.15. The Balaban J connectivity index is 1.92. The Hall–Kier alpha value is -1.93. The van der Waals surface area contributed by atoms with E-state index in [1.54, 1.807) is 35.6 Å². The van der Waals surface area contributed by atoms with Gasteiger partial charge in [-0.15, -0.1) is 11.3 Å². The highest BCUT2D eigenvalue weighted by atomic mass is 32.2. The second-order valence-electron chi connectivity index (χ2n) is 5.65. The molecule has 0 unspecified atom stereocenters. The summed E-state index contributed by atoms with van der Waals surface area (Å²) in [5.74, 6) is 0.739. The van der Waals surface area contributed by atoms with Crippen molar-refractivity contribution in [3.8, 4) is 0 Å². The van der Waals surface area contributed by atoms with Gasteiger partial charge in [0, 0.05) is 36.8 Å². The van der Waals surface area contributed by atoms with Gasteiger partial charge in [0.15, 0.2) is 15.8 Å². The van der Waals surface area contributed by atoms with Crippen molar-refractivity contribution in [1.82, 2.24) is 15.6 Å². The van der Waals surface area contributed by atoms with Crippen LogP contribution in [-0.2, 0) is 22.8 Å². The zero-order chi connectivity index (χ0) is 18.3. The van der Waals surface area contributed by atoms with Gasteiger partial charge >= 0.3 is 0 Å². The maximum atomic E-state index is 11.5. The van der Waals surface area contributed by atoms with Crippen molar-refractivity contribution < 1.29 is 8.42 Å². The van der Waals surface area contributed by atoms with Gasteiger partial charge in [-0.3, -0.25) is 0 Å². The van der Waals surface area contributed by atoms with Crippen LogP contribution in [-0.4, -0.2) is 38.7 Å². The molecule has 25 heavy (non-hydrogen) atoms. The van der Waals surface area contributed by atoms with Crippen molar-refractivity contribution in [1.29, 1.82) is 0 Å². The lowest BCUT2D eigenvalue weighted by molar-refractivity contribution is 0.602. The van der Waals surface area contributed by atoms with Crippen LogP contribution in [0.3, 0.4) is 0 Å². The fourth-order valence-electron chi connectivity index (χ4n) is 2.16. The lowest BCUT2D eigenvalue weighted by atomic mass is 10.2. The molecule has 0 saturated carbocycles. The van der Waals surface area contributed by atoms with E-state index in [1.807, 2.05) is 13.1 Å². The molecule has 0 atom stereocenters. The molecule has 136 valence electrons. The van der Waals surface area contributed by atoms with E-state index in [-0.39, 0.29) is 0 Å². The molecule has 0 spiro atoms. The van der Waals surface area contributed by atoms with E-state index >= 15 is 0 Å². The molecule has 1 aromatic carbocycles. The molecule has 8 heteroatoms. The topological polar surface area (TPSA) is 83.5 Å². The second-order valence-corrected chi connectivity index (χ2v) is 8.99. The molecule has 1 heterocycles. The lowest BCUT2D eigenvalue weighted by Gasteiger charge is -2.10. The Bertz CT molecular complexity index is 811. The average Bonchev–Trinajstić information content (AvgIpc) is 2.97. The van der Waals surface area contributed by atoms with E-state index in [0.29, 0.717) is 11.4 Å². The molecule has 0 aliphatic rings. The van der Waals surface area contributed by atoms with Gasteiger partial charge in [-0.25, -0.2) is 18.4 Å². The van der Waals surface area contributed by atoms with E-state index in [9.17, 15) is 8.42 Å². The number of aliphatic imine (C=N–C) groups is 1. The number of benzene rings is 1.